The van der Waals surface area contributed by atoms with Crippen molar-refractivity contribution < 1.29 is 19.9 Å². The standard InChI is InChI=1S/C6H2BrN3O7/c7-4-2(8(12)13)1-3(9(14)15)6(11)5(4)10(16)17/h1,11H. The largest absolute Gasteiger partial charge is 0.497 e. The van der Waals surface area contributed by atoms with Crippen LogP contribution in [0.5, 0.6) is 5.75 Å². The highest BCUT2D eigenvalue weighted by Gasteiger charge is 2.35. The van der Waals surface area contributed by atoms with E-state index in [2.05, 4.69) is 15.9 Å². The molecular formula is C6H2BrN3O7. The first kappa shape index (κ1) is 12.8. The van der Waals surface area contributed by atoms with Gasteiger partial charge in [-0.25, -0.2) is 0 Å². The fourth-order valence-electron chi connectivity index (χ4n) is 1.05. The van der Waals surface area contributed by atoms with Gasteiger partial charge >= 0.3 is 11.4 Å². The Bertz CT molecular complexity index is 505. The monoisotopic (exact) mass is 307 g/mol. The lowest BCUT2D eigenvalue weighted by Gasteiger charge is -2.01. The number of hydrogen-bond donors (Lipinski definition) is 1. The number of halogens is 1. The Balaban J connectivity index is 3.76. The predicted octanol–water partition coefficient (Wildman–Crippen LogP) is 1.88. The lowest BCUT2D eigenvalue weighted by molar-refractivity contribution is -0.405. The Morgan fingerprint density at radius 3 is 1.82 bits per heavy atom. The van der Waals surface area contributed by atoms with E-state index in [0.717, 1.165) is 0 Å². The lowest BCUT2D eigenvalue weighted by Crippen LogP contribution is -1.99. The van der Waals surface area contributed by atoms with E-state index in [1.54, 1.807) is 0 Å². The van der Waals surface area contributed by atoms with Crippen molar-refractivity contribution in [1.29, 1.82) is 0 Å². The number of nitrogens with zero attached hydrogens (tertiary/aromatic N) is 3. The number of aromatic hydroxyl groups is 1. The summed E-state index contributed by atoms with van der Waals surface area (Å²) >= 11 is 2.55. The SMILES string of the molecule is O=[N+]([O-])c1cc([N+](=O)[O-])c(Br)c([N+](=O)[O-])c1O. The summed E-state index contributed by atoms with van der Waals surface area (Å²) in [5.74, 6) is -1.24. The molecule has 0 amide bonds. The first-order chi connectivity index (χ1) is 7.77. The van der Waals surface area contributed by atoms with E-state index in [4.69, 9.17) is 0 Å². The number of benzene rings is 1. The summed E-state index contributed by atoms with van der Waals surface area (Å²) in [6.45, 7) is 0. The molecule has 1 aromatic carbocycles. The fourth-order valence-corrected chi connectivity index (χ4v) is 1.64. The van der Waals surface area contributed by atoms with E-state index in [0.29, 0.717) is 6.07 Å². The topological polar surface area (TPSA) is 150 Å². The smallest absolute Gasteiger partial charge is 0.339 e. The maximum Gasteiger partial charge on any atom is 0.339 e. The Labute approximate surface area is 100 Å². The third-order valence-corrected chi connectivity index (χ3v) is 2.53. The third kappa shape index (κ3) is 2.13. The molecule has 0 aliphatic carbocycles. The molecule has 0 aliphatic heterocycles. The molecule has 10 nitrogen and oxygen atoms in total. The van der Waals surface area contributed by atoms with Crippen molar-refractivity contribution in [3.63, 3.8) is 0 Å². The first-order valence-corrected chi connectivity index (χ1v) is 4.55. The quantitative estimate of drug-likeness (QED) is 0.661. The average molecular weight is 308 g/mol. The van der Waals surface area contributed by atoms with Gasteiger partial charge in [0.15, 0.2) is 4.47 Å². The molecule has 0 spiro atoms. The molecule has 0 saturated carbocycles. The molecule has 0 saturated heterocycles. The number of nitro benzene ring substituents is 3. The second-order valence-corrected chi connectivity index (χ2v) is 3.49. The second kappa shape index (κ2) is 4.29. The van der Waals surface area contributed by atoms with Crippen LogP contribution in [0.3, 0.4) is 0 Å². The van der Waals surface area contributed by atoms with Crippen LogP contribution in [0, 0.1) is 30.3 Å². The summed E-state index contributed by atoms with van der Waals surface area (Å²) in [4.78, 5) is 28.2. The van der Waals surface area contributed by atoms with Crippen molar-refractivity contribution in [3.8, 4) is 5.75 Å². The van der Waals surface area contributed by atoms with Crippen LogP contribution in [0.4, 0.5) is 17.1 Å². The highest BCUT2D eigenvalue weighted by atomic mass is 79.9. The van der Waals surface area contributed by atoms with Crippen molar-refractivity contribution in [2.75, 3.05) is 0 Å². The maximum absolute atomic E-state index is 10.6. The molecule has 0 atom stereocenters. The molecule has 90 valence electrons. The Kier molecular flexibility index (Phi) is 3.22. The van der Waals surface area contributed by atoms with E-state index >= 15 is 0 Å². The minimum Gasteiger partial charge on any atom is -0.497 e. The predicted molar refractivity (Wildman–Crippen MR) is 55.8 cm³/mol. The molecule has 0 aliphatic rings. The summed E-state index contributed by atoms with van der Waals surface area (Å²) < 4.78 is -0.629. The molecule has 0 heterocycles. The van der Waals surface area contributed by atoms with Gasteiger partial charge in [-0.05, 0) is 15.9 Å². The molecule has 1 N–H and O–H groups in total. The normalized spacial score (nSPS) is 9.94. The van der Waals surface area contributed by atoms with Gasteiger partial charge in [-0.1, -0.05) is 0 Å². The molecule has 1 rings (SSSR count). The number of hydrogen-bond acceptors (Lipinski definition) is 7. The van der Waals surface area contributed by atoms with Crippen molar-refractivity contribution in [3.05, 3.63) is 40.9 Å². The molecule has 11 heteroatoms. The van der Waals surface area contributed by atoms with E-state index in [1.165, 1.54) is 0 Å². The van der Waals surface area contributed by atoms with Crippen LogP contribution < -0.4 is 0 Å². The maximum atomic E-state index is 10.6. The lowest BCUT2D eigenvalue weighted by atomic mass is 10.2. The summed E-state index contributed by atoms with van der Waals surface area (Å²) in [5, 5.41) is 40.8. The molecule has 0 fully saturated rings. The van der Waals surface area contributed by atoms with Crippen LogP contribution in [-0.2, 0) is 0 Å². The van der Waals surface area contributed by atoms with E-state index in [-0.39, 0.29) is 0 Å². The Morgan fingerprint density at radius 2 is 1.47 bits per heavy atom. The Hall–Kier alpha value is -2.30. The van der Waals surface area contributed by atoms with Gasteiger partial charge in [-0.2, -0.15) is 0 Å². The van der Waals surface area contributed by atoms with Gasteiger partial charge in [0.1, 0.15) is 0 Å². The van der Waals surface area contributed by atoms with Crippen LogP contribution in [0.15, 0.2) is 10.5 Å². The first-order valence-electron chi connectivity index (χ1n) is 3.76. The summed E-state index contributed by atoms with van der Waals surface area (Å²) in [6.07, 6.45) is 0. The van der Waals surface area contributed by atoms with Gasteiger partial charge in [0.05, 0.1) is 20.8 Å². The molecule has 1 aromatic rings. The van der Waals surface area contributed by atoms with Gasteiger partial charge in [0, 0.05) is 0 Å². The summed E-state index contributed by atoms with van der Waals surface area (Å²) in [5.41, 5.74) is -3.10. The van der Waals surface area contributed by atoms with Crippen molar-refractivity contribution in [2.45, 2.75) is 0 Å². The van der Waals surface area contributed by atoms with E-state index < -0.39 is 42.1 Å². The number of phenols is 1. The van der Waals surface area contributed by atoms with Gasteiger partial charge < -0.3 is 5.11 Å². The van der Waals surface area contributed by atoms with Crippen molar-refractivity contribution in [1.82, 2.24) is 0 Å². The van der Waals surface area contributed by atoms with Crippen LogP contribution >= 0.6 is 15.9 Å². The molecule has 17 heavy (non-hydrogen) atoms. The molecular weight excluding hydrogens is 306 g/mol. The molecule has 0 aromatic heterocycles. The van der Waals surface area contributed by atoms with Gasteiger partial charge in [0.25, 0.3) is 11.4 Å². The number of rotatable bonds is 3. The Morgan fingerprint density at radius 1 is 1.00 bits per heavy atom. The highest BCUT2D eigenvalue weighted by Crippen LogP contribution is 2.46. The molecule has 0 bridgehead atoms. The van der Waals surface area contributed by atoms with Crippen LogP contribution in [0.2, 0.25) is 0 Å². The zero-order chi connectivity index (χ0) is 13.3. The number of nitro groups is 3. The minimum atomic E-state index is -1.24. The highest BCUT2D eigenvalue weighted by molar-refractivity contribution is 9.10. The molecule has 0 radical (unpaired) electrons. The number of phenolic OH excluding ortho intramolecular Hbond substituents is 1. The second-order valence-electron chi connectivity index (χ2n) is 2.70. The fraction of sp³-hybridized carbons (Fsp3) is 0. The zero-order valence-electron chi connectivity index (χ0n) is 7.69. The van der Waals surface area contributed by atoms with Gasteiger partial charge in [-0.3, -0.25) is 30.3 Å². The summed E-state index contributed by atoms with van der Waals surface area (Å²) in [7, 11) is 0. The van der Waals surface area contributed by atoms with Crippen LogP contribution in [0.25, 0.3) is 0 Å². The minimum absolute atomic E-state index is 0.437. The third-order valence-electron chi connectivity index (χ3n) is 1.75. The van der Waals surface area contributed by atoms with Crippen LogP contribution in [0.1, 0.15) is 0 Å². The average Bonchev–Trinajstić information content (AvgIpc) is 2.15. The van der Waals surface area contributed by atoms with Crippen molar-refractivity contribution in [2.24, 2.45) is 0 Å². The van der Waals surface area contributed by atoms with Crippen molar-refractivity contribution >= 4 is 33.0 Å². The molecule has 0 unspecified atom stereocenters. The van der Waals surface area contributed by atoms with E-state index in [9.17, 15) is 35.4 Å². The van der Waals surface area contributed by atoms with Crippen LogP contribution in [-0.4, -0.2) is 19.9 Å². The van der Waals surface area contributed by atoms with E-state index in [1.807, 2.05) is 0 Å². The van der Waals surface area contributed by atoms with Gasteiger partial charge in [0.2, 0.25) is 0 Å². The summed E-state index contributed by atoms with van der Waals surface area (Å²) in [6, 6.07) is 0.437. The van der Waals surface area contributed by atoms with Gasteiger partial charge in [-0.15, -0.1) is 0 Å². The zero-order valence-corrected chi connectivity index (χ0v) is 9.28.